The smallest absolute Gasteiger partial charge is 0.396 e. The maximum Gasteiger partial charge on any atom is 0.446 e. The minimum atomic E-state index is -4.27. The van der Waals surface area contributed by atoms with Crippen molar-refractivity contribution in [2.75, 3.05) is 6.61 Å². The van der Waals surface area contributed by atoms with E-state index in [1.54, 1.807) is 12.1 Å². The molecular weight excluding hydrogens is 275 g/mol. The highest BCUT2D eigenvalue weighted by molar-refractivity contribution is 8.00. The Morgan fingerprint density at radius 2 is 1.76 bits per heavy atom. The summed E-state index contributed by atoms with van der Waals surface area (Å²) >= 11 is -0.156. The molecule has 1 unspecified atom stereocenters. The Hall–Kier alpha value is -0.430. The average molecular weight is 288 g/mol. The molecule has 0 heterocycles. The molecule has 1 atom stereocenters. The predicted octanol–water partition coefficient (Wildman–Crippen LogP) is 3.10. The first-order chi connectivity index (χ1) is 7.42. The van der Waals surface area contributed by atoms with Crippen molar-refractivity contribution >= 4 is 24.2 Å². The van der Waals surface area contributed by atoms with Crippen LogP contribution in [0.2, 0.25) is 0 Å². The third kappa shape index (κ3) is 6.16. The standard InChI is InChI=1S/C10H12F3NOS.ClH/c11-10(12,13)16-8-3-1-7(2-4-8)9(14)5-6-15;/h1-4,9,15H,5-6,14H2;1H. The zero-order valence-corrected chi connectivity index (χ0v) is 10.4. The number of thioether (sulfide) groups is 1. The first-order valence-corrected chi connectivity index (χ1v) is 5.46. The summed E-state index contributed by atoms with van der Waals surface area (Å²) in [6, 6.07) is 5.52. The van der Waals surface area contributed by atoms with Crippen LogP contribution in [-0.2, 0) is 0 Å². The fourth-order valence-electron chi connectivity index (χ4n) is 1.22. The lowest BCUT2D eigenvalue weighted by Gasteiger charge is -2.11. The monoisotopic (exact) mass is 287 g/mol. The van der Waals surface area contributed by atoms with Crippen molar-refractivity contribution in [1.82, 2.24) is 0 Å². The van der Waals surface area contributed by atoms with Crippen LogP contribution in [0.3, 0.4) is 0 Å². The fraction of sp³-hybridized carbons (Fsp3) is 0.400. The summed E-state index contributed by atoms with van der Waals surface area (Å²) in [5.41, 5.74) is 2.15. The van der Waals surface area contributed by atoms with Crippen LogP contribution in [0.1, 0.15) is 18.0 Å². The highest BCUT2D eigenvalue weighted by atomic mass is 35.5. The molecule has 1 aromatic carbocycles. The molecule has 3 N–H and O–H groups in total. The third-order valence-corrected chi connectivity index (χ3v) is 2.72. The van der Waals surface area contributed by atoms with Gasteiger partial charge in [0.25, 0.3) is 0 Å². The lowest BCUT2D eigenvalue weighted by atomic mass is 10.1. The van der Waals surface area contributed by atoms with Crippen molar-refractivity contribution in [1.29, 1.82) is 0 Å². The first kappa shape index (κ1) is 16.6. The largest absolute Gasteiger partial charge is 0.446 e. The Bertz CT molecular complexity index is 331. The van der Waals surface area contributed by atoms with Gasteiger partial charge in [-0.1, -0.05) is 12.1 Å². The number of aliphatic hydroxyl groups is 1. The second-order valence-electron chi connectivity index (χ2n) is 3.24. The minimum Gasteiger partial charge on any atom is -0.396 e. The highest BCUT2D eigenvalue weighted by Gasteiger charge is 2.29. The second-order valence-corrected chi connectivity index (χ2v) is 4.37. The molecule has 0 aliphatic carbocycles. The van der Waals surface area contributed by atoms with E-state index in [9.17, 15) is 13.2 Å². The van der Waals surface area contributed by atoms with Crippen molar-refractivity contribution in [3.63, 3.8) is 0 Å². The molecule has 0 aromatic heterocycles. The molecular formula is C10H13ClF3NOS. The SMILES string of the molecule is Cl.NC(CCO)c1ccc(SC(F)(F)F)cc1. The van der Waals surface area contributed by atoms with Gasteiger partial charge in [-0.05, 0) is 35.9 Å². The van der Waals surface area contributed by atoms with Gasteiger partial charge >= 0.3 is 5.51 Å². The van der Waals surface area contributed by atoms with E-state index in [-0.39, 0.29) is 41.7 Å². The van der Waals surface area contributed by atoms with Crippen LogP contribution in [0.5, 0.6) is 0 Å². The Kier molecular flexibility index (Phi) is 6.92. The van der Waals surface area contributed by atoms with E-state index in [1.807, 2.05) is 0 Å². The quantitative estimate of drug-likeness (QED) is 0.837. The van der Waals surface area contributed by atoms with Gasteiger partial charge in [-0.2, -0.15) is 13.2 Å². The molecule has 0 aliphatic rings. The molecule has 98 valence electrons. The first-order valence-electron chi connectivity index (χ1n) is 4.64. The fourth-order valence-corrected chi connectivity index (χ4v) is 1.76. The minimum absolute atomic E-state index is 0. The molecule has 0 bridgehead atoms. The van der Waals surface area contributed by atoms with Crippen LogP contribution < -0.4 is 5.73 Å². The molecule has 1 rings (SSSR count). The molecule has 1 aromatic rings. The zero-order valence-electron chi connectivity index (χ0n) is 8.78. The van der Waals surface area contributed by atoms with Crippen molar-refractivity contribution < 1.29 is 18.3 Å². The molecule has 0 fully saturated rings. The van der Waals surface area contributed by atoms with E-state index < -0.39 is 5.51 Å². The van der Waals surface area contributed by atoms with Gasteiger partial charge < -0.3 is 10.8 Å². The molecule has 7 heteroatoms. The second kappa shape index (κ2) is 7.10. The lowest BCUT2D eigenvalue weighted by Crippen LogP contribution is -2.11. The maximum absolute atomic E-state index is 12.0. The van der Waals surface area contributed by atoms with Crippen LogP contribution in [0.25, 0.3) is 0 Å². The third-order valence-electron chi connectivity index (χ3n) is 1.98. The van der Waals surface area contributed by atoms with Gasteiger partial charge in [-0.3, -0.25) is 0 Å². The summed E-state index contributed by atoms with van der Waals surface area (Å²) < 4.78 is 36.1. The van der Waals surface area contributed by atoms with Crippen molar-refractivity contribution in [3.05, 3.63) is 29.8 Å². The Morgan fingerprint density at radius 3 is 2.18 bits per heavy atom. The van der Waals surface area contributed by atoms with Gasteiger partial charge in [0.1, 0.15) is 0 Å². The normalized spacial score (nSPS) is 13.0. The van der Waals surface area contributed by atoms with Crippen LogP contribution >= 0.6 is 24.2 Å². The van der Waals surface area contributed by atoms with Crippen LogP contribution in [-0.4, -0.2) is 17.2 Å². The molecule has 0 radical (unpaired) electrons. The lowest BCUT2D eigenvalue weighted by molar-refractivity contribution is -0.0328. The molecule has 0 saturated heterocycles. The van der Waals surface area contributed by atoms with E-state index >= 15 is 0 Å². The number of halogens is 4. The highest BCUT2D eigenvalue weighted by Crippen LogP contribution is 2.36. The summed E-state index contributed by atoms with van der Waals surface area (Å²) in [7, 11) is 0. The number of nitrogens with two attached hydrogens (primary N) is 1. The van der Waals surface area contributed by atoms with Gasteiger partial charge in [-0.25, -0.2) is 0 Å². The van der Waals surface area contributed by atoms with Crippen LogP contribution in [0.15, 0.2) is 29.2 Å². The van der Waals surface area contributed by atoms with E-state index in [1.165, 1.54) is 12.1 Å². The average Bonchev–Trinajstić information content (AvgIpc) is 2.16. The summed E-state index contributed by atoms with van der Waals surface area (Å²) in [6.07, 6.45) is 0.395. The maximum atomic E-state index is 12.0. The Morgan fingerprint density at radius 1 is 1.24 bits per heavy atom. The number of benzene rings is 1. The molecule has 17 heavy (non-hydrogen) atoms. The van der Waals surface area contributed by atoms with E-state index in [0.29, 0.717) is 6.42 Å². The van der Waals surface area contributed by atoms with Gasteiger partial charge in [0.05, 0.1) is 0 Å². The summed E-state index contributed by atoms with van der Waals surface area (Å²) in [5.74, 6) is 0. The van der Waals surface area contributed by atoms with Crippen molar-refractivity contribution in [2.45, 2.75) is 22.9 Å². The van der Waals surface area contributed by atoms with E-state index in [0.717, 1.165) is 5.56 Å². The molecule has 0 aliphatic heterocycles. The number of alkyl halides is 3. The van der Waals surface area contributed by atoms with Gasteiger partial charge in [0.2, 0.25) is 0 Å². The number of hydrogen-bond donors (Lipinski definition) is 2. The zero-order chi connectivity index (χ0) is 12.2. The van der Waals surface area contributed by atoms with Crippen LogP contribution in [0.4, 0.5) is 13.2 Å². The summed E-state index contributed by atoms with van der Waals surface area (Å²) in [6.45, 7) is -0.0414. The Balaban J connectivity index is 0.00000256. The van der Waals surface area contributed by atoms with Gasteiger partial charge in [-0.15, -0.1) is 12.4 Å². The Labute approximate surface area is 108 Å². The summed E-state index contributed by atoms with van der Waals surface area (Å²) in [4.78, 5) is 0.132. The molecule has 0 spiro atoms. The predicted molar refractivity (Wildman–Crippen MR) is 64.2 cm³/mol. The van der Waals surface area contributed by atoms with Crippen LogP contribution in [0, 0.1) is 0 Å². The van der Waals surface area contributed by atoms with E-state index in [4.69, 9.17) is 10.8 Å². The molecule has 0 amide bonds. The van der Waals surface area contributed by atoms with Gasteiger partial charge in [0, 0.05) is 17.5 Å². The number of hydrogen-bond acceptors (Lipinski definition) is 3. The van der Waals surface area contributed by atoms with Gasteiger partial charge in [0.15, 0.2) is 0 Å². The van der Waals surface area contributed by atoms with E-state index in [2.05, 4.69) is 0 Å². The number of aliphatic hydroxyl groups excluding tert-OH is 1. The van der Waals surface area contributed by atoms with Crippen molar-refractivity contribution in [3.8, 4) is 0 Å². The topological polar surface area (TPSA) is 46.2 Å². The molecule has 0 saturated carbocycles. The van der Waals surface area contributed by atoms with Crippen molar-refractivity contribution in [2.24, 2.45) is 5.73 Å². The summed E-state index contributed by atoms with van der Waals surface area (Å²) in [5, 5.41) is 8.67. The number of rotatable bonds is 4. The molecule has 2 nitrogen and oxygen atoms in total.